The maximum absolute atomic E-state index is 12.3. The van der Waals surface area contributed by atoms with Gasteiger partial charge in [-0.1, -0.05) is 11.6 Å². The molecular formula is C16H17ClN2O4S. The zero-order valence-electron chi connectivity index (χ0n) is 13.1. The summed E-state index contributed by atoms with van der Waals surface area (Å²) in [7, 11) is -2.21. The maximum atomic E-state index is 12.3. The summed E-state index contributed by atoms with van der Waals surface area (Å²) in [4.78, 5) is 11.5. The lowest BCUT2D eigenvalue weighted by molar-refractivity contribution is -0.126. The van der Waals surface area contributed by atoms with Gasteiger partial charge in [0, 0.05) is 17.8 Å². The highest BCUT2D eigenvalue weighted by atomic mass is 35.5. The molecule has 0 unspecified atom stereocenters. The molecule has 0 aromatic heterocycles. The van der Waals surface area contributed by atoms with Crippen LogP contribution in [0.15, 0.2) is 53.4 Å². The molecular weight excluding hydrogens is 352 g/mol. The Labute approximate surface area is 145 Å². The van der Waals surface area contributed by atoms with Crippen LogP contribution in [0.25, 0.3) is 0 Å². The number of halogens is 1. The average Bonchev–Trinajstić information content (AvgIpc) is 2.56. The largest absolute Gasteiger partial charge is 0.481 e. The van der Waals surface area contributed by atoms with E-state index in [1.54, 1.807) is 31.2 Å². The van der Waals surface area contributed by atoms with Gasteiger partial charge < -0.3 is 10.1 Å². The first-order valence-corrected chi connectivity index (χ1v) is 8.94. The molecule has 0 spiro atoms. The quantitative estimate of drug-likeness (QED) is 0.820. The normalized spacial score (nSPS) is 12.3. The highest BCUT2D eigenvalue weighted by Gasteiger charge is 2.16. The van der Waals surface area contributed by atoms with Crippen LogP contribution < -0.4 is 14.8 Å². The van der Waals surface area contributed by atoms with E-state index in [1.165, 1.54) is 31.3 Å². The molecule has 128 valence electrons. The van der Waals surface area contributed by atoms with Gasteiger partial charge >= 0.3 is 0 Å². The van der Waals surface area contributed by atoms with Gasteiger partial charge in [-0.2, -0.15) is 0 Å². The van der Waals surface area contributed by atoms with Crippen LogP contribution >= 0.6 is 11.6 Å². The van der Waals surface area contributed by atoms with E-state index in [-0.39, 0.29) is 10.8 Å². The second-order valence-electron chi connectivity index (χ2n) is 4.96. The number of amides is 1. The lowest BCUT2D eigenvalue weighted by Crippen LogP contribution is -2.33. The summed E-state index contributed by atoms with van der Waals surface area (Å²) in [5.41, 5.74) is 0.410. The first-order valence-electron chi connectivity index (χ1n) is 7.08. The molecule has 2 N–H and O–H groups in total. The third-order valence-electron chi connectivity index (χ3n) is 3.16. The van der Waals surface area contributed by atoms with E-state index in [0.29, 0.717) is 16.5 Å². The molecule has 2 aromatic carbocycles. The number of nitrogens with one attached hydrogen (secondary N) is 2. The number of hydrogen-bond donors (Lipinski definition) is 2. The Bertz CT molecular complexity index is 805. The van der Waals surface area contributed by atoms with Gasteiger partial charge in [-0.25, -0.2) is 8.42 Å². The Kier molecular flexibility index (Phi) is 5.69. The summed E-state index contributed by atoms with van der Waals surface area (Å²) in [6.45, 7) is 1.60. The summed E-state index contributed by atoms with van der Waals surface area (Å²) in [5.74, 6) is 0.132. The molecule has 0 aliphatic heterocycles. The Morgan fingerprint density at radius 3 is 2.21 bits per heavy atom. The van der Waals surface area contributed by atoms with E-state index in [2.05, 4.69) is 10.0 Å². The predicted octanol–water partition coefficient (Wildman–Crippen LogP) is 2.65. The molecule has 0 aliphatic carbocycles. The number of sulfonamides is 1. The first-order chi connectivity index (χ1) is 11.3. The highest BCUT2D eigenvalue weighted by molar-refractivity contribution is 7.92. The van der Waals surface area contributed by atoms with Crippen LogP contribution in [-0.4, -0.2) is 27.5 Å². The van der Waals surface area contributed by atoms with Gasteiger partial charge in [0.15, 0.2) is 6.10 Å². The molecule has 0 heterocycles. The van der Waals surface area contributed by atoms with E-state index in [9.17, 15) is 13.2 Å². The number of hydrogen-bond acceptors (Lipinski definition) is 4. The van der Waals surface area contributed by atoms with Crippen molar-refractivity contribution in [1.29, 1.82) is 0 Å². The van der Waals surface area contributed by atoms with E-state index >= 15 is 0 Å². The number of carbonyl (C=O) groups excluding carboxylic acids is 1. The van der Waals surface area contributed by atoms with Crippen molar-refractivity contribution in [3.8, 4) is 5.75 Å². The fourth-order valence-electron chi connectivity index (χ4n) is 1.89. The number of rotatable bonds is 6. The SMILES string of the molecule is CNC(=O)[C@H](C)Oc1ccc(S(=O)(=O)Nc2ccc(Cl)cc2)cc1. The summed E-state index contributed by atoms with van der Waals surface area (Å²) < 4.78 is 32.5. The average molecular weight is 369 g/mol. The lowest BCUT2D eigenvalue weighted by atomic mass is 10.3. The maximum Gasteiger partial charge on any atom is 0.261 e. The molecule has 1 atom stereocenters. The van der Waals surface area contributed by atoms with Crippen LogP contribution in [0.5, 0.6) is 5.75 Å². The minimum Gasteiger partial charge on any atom is -0.481 e. The Morgan fingerprint density at radius 1 is 1.08 bits per heavy atom. The lowest BCUT2D eigenvalue weighted by Gasteiger charge is -2.13. The number of carbonyl (C=O) groups is 1. The summed E-state index contributed by atoms with van der Waals surface area (Å²) >= 11 is 5.77. The van der Waals surface area contributed by atoms with Crippen LogP contribution in [0.3, 0.4) is 0 Å². The predicted molar refractivity (Wildman–Crippen MR) is 92.9 cm³/mol. The van der Waals surface area contributed by atoms with Crippen LogP contribution in [0.4, 0.5) is 5.69 Å². The summed E-state index contributed by atoms with van der Waals surface area (Å²) in [6, 6.07) is 12.1. The zero-order valence-corrected chi connectivity index (χ0v) is 14.7. The van der Waals surface area contributed by atoms with Crippen LogP contribution in [-0.2, 0) is 14.8 Å². The summed E-state index contributed by atoms with van der Waals surface area (Å²) in [5, 5.41) is 2.99. The third kappa shape index (κ3) is 4.62. The van der Waals surface area contributed by atoms with Crippen molar-refractivity contribution >= 4 is 33.2 Å². The Balaban J connectivity index is 2.11. The van der Waals surface area contributed by atoms with Gasteiger partial charge in [-0.15, -0.1) is 0 Å². The van der Waals surface area contributed by atoms with Crippen LogP contribution in [0, 0.1) is 0 Å². The van der Waals surface area contributed by atoms with Gasteiger partial charge in [0.25, 0.3) is 15.9 Å². The van der Waals surface area contributed by atoms with E-state index in [1.807, 2.05) is 0 Å². The van der Waals surface area contributed by atoms with Gasteiger partial charge in [0.2, 0.25) is 0 Å². The molecule has 0 bridgehead atoms. The molecule has 0 aliphatic rings. The molecule has 2 rings (SSSR count). The second-order valence-corrected chi connectivity index (χ2v) is 7.08. The molecule has 6 nitrogen and oxygen atoms in total. The van der Waals surface area contributed by atoms with Crippen LogP contribution in [0.1, 0.15) is 6.92 Å². The number of anilines is 1. The topological polar surface area (TPSA) is 84.5 Å². The minimum absolute atomic E-state index is 0.0809. The summed E-state index contributed by atoms with van der Waals surface area (Å²) in [6.07, 6.45) is -0.676. The smallest absolute Gasteiger partial charge is 0.261 e. The first kappa shape index (κ1) is 18.1. The Hall–Kier alpha value is -2.25. The van der Waals surface area contributed by atoms with Gasteiger partial charge in [0.1, 0.15) is 5.75 Å². The van der Waals surface area contributed by atoms with Crippen molar-refractivity contribution in [1.82, 2.24) is 5.32 Å². The van der Waals surface area contributed by atoms with Crippen molar-refractivity contribution in [2.75, 3.05) is 11.8 Å². The van der Waals surface area contributed by atoms with Gasteiger partial charge in [-0.3, -0.25) is 9.52 Å². The zero-order chi connectivity index (χ0) is 17.7. The molecule has 0 radical (unpaired) electrons. The second kappa shape index (κ2) is 7.55. The Morgan fingerprint density at radius 2 is 1.67 bits per heavy atom. The number of ether oxygens (including phenoxy) is 1. The minimum atomic E-state index is -3.72. The van der Waals surface area contributed by atoms with Crippen molar-refractivity contribution in [2.24, 2.45) is 0 Å². The highest BCUT2D eigenvalue weighted by Crippen LogP contribution is 2.21. The van der Waals surface area contributed by atoms with E-state index in [0.717, 1.165) is 0 Å². The third-order valence-corrected chi connectivity index (χ3v) is 4.81. The van der Waals surface area contributed by atoms with Crippen molar-refractivity contribution in [3.05, 3.63) is 53.6 Å². The molecule has 0 saturated heterocycles. The molecule has 8 heteroatoms. The van der Waals surface area contributed by atoms with E-state index in [4.69, 9.17) is 16.3 Å². The van der Waals surface area contributed by atoms with Gasteiger partial charge in [-0.05, 0) is 55.5 Å². The van der Waals surface area contributed by atoms with Crippen molar-refractivity contribution in [3.63, 3.8) is 0 Å². The molecule has 24 heavy (non-hydrogen) atoms. The monoisotopic (exact) mass is 368 g/mol. The van der Waals surface area contributed by atoms with Crippen LogP contribution in [0.2, 0.25) is 5.02 Å². The molecule has 1 amide bonds. The fourth-order valence-corrected chi connectivity index (χ4v) is 3.07. The van der Waals surface area contributed by atoms with E-state index < -0.39 is 16.1 Å². The van der Waals surface area contributed by atoms with Crippen molar-refractivity contribution in [2.45, 2.75) is 17.9 Å². The fraction of sp³-hybridized carbons (Fsp3) is 0.188. The van der Waals surface area contributed by atoms with Gasteiger partial charge in [0.05, 0.1) is 4.90 Å². The number of benzene rings is 2. The number of likely N-dealkylation sites (N-methyl/N-ethyl adjacent to an activating group) is 1. The van der Waals surface area contributed by atoms with Crippen molar-refractivity contribution < 1.29 is 17.9 Å². The molecule has 2 aromatic rings. The molecule has 0 saturated carbocycles. The standard InChI is InChI=1S/C16H17ClN2O4S/c1-11(16(20)18-2)23-14-7-9-15(10-8-14)24(21,22)19-13-5-3-12(17)4-6-13/h3-11,19H,1-2H3,(H,18,20)/t11-/m0/s1. The molecule has 0 fully saturated rings.